The van der Waals surface area contributed by atoms with Crippen molar-refractivity contribution >= 4 is 5.91 Å². The van der Waals surface area contributed by atoms with E-state index in [1.54, 1.807) is 6.20 Å². The first-order valence-corrected chi connectivity index (χ1v) is 7.56. The van der Waals surface area contributed by atoms with Crippen molar-refractivity contribution in [2.24, 2.45) is 11.7 Å². The maximum absolute atomic E-state index is 12.6. The van der Waals surface area contributed by atoms with Gasteiger partial charge in [0, 0.05) is 25.3 Å². The zero-order valence-electron chi connectivity index (χ0n) is 13.2. The molecule has 1 rings (SSSR count). The zero-order chi connectivity index (χ0) is 15.1. The standard InChI is InChI=1S/C15H28N4O/c1-5-12(3)11-18(6-2)15(20)14-10-17-19(13(14)4)9-7-8-16/h10,12H,5-9,11,16H2,1-4H3. The summed E-state index contributed by atoms with van der Waals surface area (Å²) in [5.74, 6) is 0.607. The number of rotatable bonds is 8. The molecule has 5 nitrogen and oxygen atoms in total. The van der Waals surface area contributed by atoms with Crippen molar-refractivity contribution in [1.82, 2.24) is 14.7 Å². The molecule has 0 saturated carbocycles. The van der Waals surface area contributed by atoms with Gasteiger partial charge in [-0.05, 0) is 32.7 Å². The number of aromatic nitrogens is 2. The van der Waals surface area contributed by atoms with Gasteiger partial charge in [0.2, 0.25) is 0 Å². The summed E-state index contributed by atoms with van der Waals surface area (Å²) in [5.41, 5.74) is 7.17. The molecule has 0 aromatic carbocycles. The zero-order valence-corrected chi connectivity index (χ0v) is 13.2. The second-order valence-electron chi connectivity index (χ2n) is 5.37. The van der Waals surface area contributed by atoms with E-state index >= 15 is 0 Å². The number of nitrogens with zero attached hydrogens (tertiary/aromatic N) is 3. The molecule has 1 atom stereocenters. The second-order valence-corrected chi connectivity index (χ2v) is 5.37. The Bertz CT molecular complexity index is 428. The normalized spacial score (nSPS) is 12.4. The summed E-state index contributed by atoms with van der Waals surface area (Å²) < 4.78 is 1.87. The molecule has 1 aromatic heterocycles. The van der Waals surface area contributed by atoms with Crippen molar-refractivity contribution in [2.75, 3.05) is 19.6 Å². The number of hydrogen-bond donors (Lipinski definition) is 1. The maximum Gasteiger partial charge on any atom is 0.257 e. The molecule has 0 aliphatic heterocycles. The summed E-state index contributed by atoms with van der Waals surface area (Å²) in [6.07, 6.45) is 3.65. The van der Waals surface area contributed by atoms with Crippen molar-refractivity contribution in [3.63, 3.8) is 0 Å². The van der Waals surface area contributed by atoms with E-state index in [4.69, 9.17) is 5.73 Å². The van der Waals surface area contributed by atoms with Crippen LogP contribution in [0.4, 0.5) is 0 Å². The number of aryl methyl sites for hydroxylation is 1. The fraction of sp³-hybridized carbons (Fsp3) is 0.733. The molecule has 0 spiro atoms. The van der Waals surface area contributed by atoms with Crippen molar-refractivity contribution < 1.29 is 4.79 Å². The first-order valence-electron chi connectivity index (χ1n) is 7.56. The van der Waals surface area contributed by atoms with E-state index in [2.05, 4.69) is 18.9 Å². The maximum atomic E-state index is 12.6. The van der Waals surface area contributed by atoms with Gasteiger partial charge in [-0.2, -0.15) is 5.10 Å². The molecular formula is C15H28N4O. The summed E-state index contributed by atoms with van der Waals surface area (Å²) in [7, 11) is 0. The van der Waals surface area contributed by atoms with Crippen molar-refractivity contribution in [2.45, 2.75) is 47.1 Å². The van der Waals surface area contributed by atoms with Gasteiger partial charge in [0.05, 0.1) is 11.8 Å². The Morgan fingerprint density at radius 2 is 2.20 bits per heavy atom. The Balaban J connectivity index is 2.82. The Labute approximate surface area is 122 Å². The number of amides is 1. The average molecular weight is 280 g/mol. The monoisotopic (exact) mass is 280 g/mol. The minimum atomic E-state index is 0.0873. The average Bonchev–Trinajstić information content (AvgIpc) is 2.82. The molecule has 2 N–H and O–H groups in total. The summed E-state index contributed by atoms with van der Waals surface area (Å²) in [6.45, 7) is 11.2. The fourth-order valence-electron chi connectivity index (χ4n) is 2.15. The topological polar surface area (TPSA) is 64.2 Å². The molecule has 1 heterocycles. The second kappa shape index (κ2) is 8.04. The molecule has 1 aromatic rings. The molecule has 20 heavy (non-hydrogen) atoms. The summed E-state index contributed by atoms with van der Waals surface area (Å²) in [6, 6.07) is 0. The van der Waals surface area contributed by atoms with Crippen LogP contribution in [0.5, 0.6) is 0 Å². The van der Waals surface area contributed by atoms with Gasteiger partial charge in [0.1, 0.15) is 0 Å². The quantitative estimate of drug-likeness (QED) is 0.792. The molecule has 5 heteroatoms. The lowest BCUT2D eigenvalue weighted by molar-refractivity contribution is 0.0740. The van der Waals surface area contributed by atoms with Crippen LogP contribution < -0.4 is 5.73 Å². The van der Waals surface area contributed by atoms with Crippen LogP contribution in [0.2, 0.25) is 0 Å². The molecule has 0 aliphatic carbocycles. The van der Waals surface area contributed by atoms with Gasteiger partial charge < -0.3 is 10.6 Å². The van der Waals surface area contributed by atoms with Crippen LogP contribution in [0.1, 0.15) is 49.7 Å². The van der Waals surface area contributed by atoms with E-state index in [0.29, 0.717) is 18.0 Å². The van der Waals surface area contributed by atoms with E-state index < -0.39 is 0 Å². The number of hydrogen-bond acceptors (Lipinski definition) is 3. The smallest absolute Gasteiger partial charge is 0.257 e. The number of carbonyl (C=O) groups is 1. The van der Waals surface area contributed by atoms with E-state index in [9.17, 15) is 4.79 Å². The Kier molecular flexibility index (Phi) is 6.71. The molecule has 0 fully saturated rings. The van der Waals surface area contributed by atoms with Gasteiger partial charge in [0.15, 0.2) is 0 Å². The highest BCUT2D eigenvalue weighted by Gasteiger charge is 2.20. The van der Waals surface area contributed by atoms with E-state index in [1.807, 2.05) is 23.4 Å². The molecule has 0 bridgehead atoms. The third-order valence-electron chi connectivity index (χ3n) is 3.81. The van der Waals surface area contributed by atoms with Crippen LogP contribution in [0.25, 0.3) is 0 Å². The van der Waals surface area contributed by atoms with Gasteiger partial charge in [-0.3, -0.25) is 9.48 Å². The fourth-order valence-corrected chi connectivity index (χ4v) is 2.15. The third kappa shape index (κ3) is 4.07. The predicted octanol–water partition coefficient (Wildman–Crippen LogP) is 2.05. The van der Waals surface area contributed by atoms with Crippen molar-refractivity contribution in [3.8, 4) is 0 Å². The minimum absolute atomic E-state index is 0.0873. The first-order chi connectivity index (χ1) is 9.54. The van der Waals surface area contributed by atoms with E-state index in [-0.39, 0.29) is 5.91 Å². The van der Waals surface area contributed by atoms with Crippen LogP contribution >= 0.6 is 0 Å². The van der Waals surface area contributed by atoms with Crippen molar-refractivity contribution in [1.29, 1.82) is 0 Å². The molecule has 1 unspecified atom stereocenters. The van der Waals surface area contributed by atoms with E-state index in [0.717, 1.165) is 38.2 Å². The van der Waals surface area contributed by atoms with Crippen LogP contribution in [0, 0.1) is 12.8 Å². The highest BCUT2D eigenvalue weighted by atomic mass is 16.2. The Morgan fingerprint density at radius 3 is 2.75 bits per heavy atom. The first kappa shape index (κ1) is 16.7. The summed E-state index contributed by atoms with van der Waals surface area (Å²) in [5, 5.41) is 4.30. The van der Waals surface area contributed by atoms with Crippen LogP contribution in [-0.4, -0.2) is 40.2 Å². The highest BCUT2D eigenvalue weighted by molar-refractivity contribution is 5.95. The molecule has 0 saturated heterocycles. The SMILES string of the molecule is CCC(C)CN(CC)C(=O)c1cnn(CCCN)c1C. The Morgan fingerprint density at radius 1 is 1.50 bits per heavy atom. The highest BCUT2D eigenvalue weighted by Crippen LogP contribution is 2.13. The van der Waals surface area contributed by atoms with Crippen LogP contribution in [0.15, 0.2) is 6.20 Å². The molecule has 0 aliphatic rings. The van der Waals surface area contributed by atoms with Crippen molar-refractivity contribution in [3.05, 3.63) is 17.5 Å². The van der Waals surface area contributed by atoms with Gasteiger partial charge in [-0.15, -0.1) is 0 Å². The lowest BCUT2D eigenvalue weighted by Gasteiger charge is -2.24. The lowest BCUT2D eigenvalue weighted by atomic mass is 10.1. The third-order valence-corrected chi connectivity index (χ3v) is 3.81. The summed E-state index contributed by atoms with van der Waals surface area (Å²) >= 11 is 0. The molecule has 0 radical (unpaired) electrons. The van der Waals surface area contributed by atoms with Gasteiger partial charge in [-0.25, -0.2) is 0 Å². The lowest BCUT2D eigenvalue weighted by Crippen LogP contribution is -2.34. The molecular weight excluding hydrogens is 252 g/mol. The predicted molar refractivity (Wildman–Crippen MR) is 81.7 cm³/mol. The number of carbonyl (C=O) groups excluding carboxylic acids is 1. The Hall–Kier alpha value is -1.36. The largest absolute Gasteiger partial charge is 0.339 e. The minimum Gasteiger partial charge on any atom is -0.339 e. The van der Waals surface area contributed by atoms with Crippen LogP contribution in [-0.2, 0) is 6.54 Å². The number of nitrogens with two attached hydrogens (primary N) is 1. The van der Waals surface area contributed by atoms with E-state index in [1.165, 1.54) is 0 Å². The van der Waals surface area contributed by atoms with Crippen LogP contribution in [0.3, 0.4) is 0 Å². The molecule has 114 valence electrons. The summed E-state index contributed by atoms with van der Waals surface area (Å²) in [4.78, 5) is 14.5. The van der Waals surface area contributed by atoms with Gasteiger partial charge in [0.25, 0.3) is 5.91 Å². The van der Waals surface area contributed by atoms with Gasteiger partial charge in [-0.1, -0.05) is 20.3 Å². The molecule has 1 amide bonds. The van der Waals surface area contributed by atoms with Gasteiger partial charge >= 0.3 is 0 Å².